The number of nitrogens with zero attached hydrogens (tertiary/aromatic N) is 3. The molecule has 0 N–H and O–H groups in total. The van der Waals surface area contributed by atoms with Crippen molar-refractivity contribution in [1.82, 2.24) is 14.7 Å². The van der Waals surface area contributed by atoms with E-state index < -0.39 is 0 Å². The van der Waals surface area contributed by atoms with Gasteiger partial charge in [0.2, 0.25) is 11.8 Å². The molecule has 3 rings (SSSR count). The second kappa shape index (κ2) is 6.99. The molecule has 0 aliphatic carbocycles. The van der Waals surface area contributed by atoms with Crippen LogP contribution in [0, 0.1) is 0 Å². The second-order valence-corrected chi connectivity index (χ2v) is 7.11. The Kier molecular flexibility index (Phi) is 5.01. The zero-order valence-corrected chi connectivity index (χ0v) is 13.8. The third kappa shape index (κ3) is 3.29. The van der Waals surface area contributed by atoms with E-state index in [2.05, 4.69) is 16.8 Å². The quantitative estimate of drug-likeness (QED) is 0.793. The lowest BCUT2D eigenvalue weighted by Crippen LogP contribution is -2.50. The van der Waals surface area contributed by atoms with Gasteiger partial charge in [0.05, 0.1) is 6.54 Å². The third-order valence-corrected chi connectivity index (χ3v) is 5.64. The molecule has 3 aliphatic rings. The highest BCUT2D eigenvalue weighted by Crippen LogP contribution is 2.29. The van der Waals surface area contributed by atoms with Crippen molar-refractivity contribution in [2.45, 2.75) is 63.5 Å². The van der Waals surface area contributed by atoms with Gasteiger partial charge in [-0.25, -0.2) is 0 Å². The highest BCUT2D eigenvalue weighted by atomic mass is 16.2. The summed E-state index contributed by atoms with van der Waals surface area (Å²) in [6, 6.07) is 0.883. The number of carbonyl (C=O) groups is 2. The molecule has 3 saturated heterocycles. The summed E-state index contributed by atoms with van der Waals surface area (Å²) in [5.41, 5.74) is 0. The number of carbonyl (C=O) groups excluding carboxylic acids is 2. The van der Waals surface area contributed by atoms with E-state index in [0.717, 1.165) is 51.7 Å². The fourth-order valence-electron chi connectivity index (χ4n) is 4.38. The van der Waals surface area contributed by atoms with E-state index in [0.29, 0.717) is 25.0 Å². The summed E-state index contributed by atoms with van der Waals surface area (Å²) < 4.78 is 0. The van der Waals surface area contributed by atoms with E-state index in [1.165, 1.54) is 12.8 Å². The number of rotatable bonds is 3. The van der Waals surface area contributed by atoms with Gasteiger partial charge in [-0.3, -0.25) is 9.59 Å². The summed E-state index contributed by atoms with van der Waals surface area (Å²) in [5.74, 6) is 0.331. The van der Waals surface area contributed by atoms with Crippen LogP contribution < -0.4 is 0 Å². The summed E-state index contributed by atoms with van der Waals surface area (Å²) in [6.07, 6.45) is 8.40. The Morgan fingerprint density at radius 1 is 1.00 bits per heavy atom. The molecule has 3 aliphatic heterocycles. The first kappa shape index (κ1) is 15.8. The predicted octanol–water partition coefficient (Wildman–Crippen LogP) is 1.47. The number of hydrogen-bond donors (Lipinski definition) is 0. The summed E-state index contributed by atoms with van der Waals surface area (Å²) in [7, 11) is 2.18. The summed E-state index contributed by atoms with van der Waals surface area (Å²) >= 11 is 0. The van der Waals surface area contributed by atoms with Gasteiger partial charge in [0.25, 0.3) is 0 Å². The number of likely N-dealkylation sites (tertiary alicyclic amines) is 3. The molecule has 0 aromatic heterocycles. The molecule has 0 aromatic carbocycles. The van der Waals surface area contributed by atoms with E-state index in [-0.39, 0.29) is 11.8 Å². The standard InChI is InChI=1S/C17H29N3O2/c1-18-10-5-7-14(18)15-8-6-12-20(15)17(22)13-19-11-4-2-3-9-16(19)21/h14-15H,2-13H2,1H3/t14-,15+/m0/s1. The van der Waals surface area contributed by atoms with Crippen molar-refractivity contribution in [2.24, 2.45) is 0 Å². The lowest BCUT2D eigenvalue weighted by Gasteiger charge is -2.34. The maximum atomic E-state index is 12.8. The Morgan fingerprint density at radius 2 is 1.77 bits per heavy atom. The van der Waals surface area contributed by atoms with Crippen LogP contribution >= 0.6 is 0 Å². The summed E-state index contributed by atoms with van der Waals surface area (Å²) in [4.78, 5) is 31.1. The Hall–Kier alpha value is -1.10. The van der Waals surface area contributed by atoms with E-state index in [1.54, 1.807) is 4.90 Å². The topological polar surface area (TPSA) is 43.9 Å². The summed E-state index contributed by atoms with van der Waals surface area (Å²) in [5, 5.41) is 0. The fraction of sp³-hybridized carbons (Fsp3) is 0.882. The maximum Gasteiger partial charge on any atom is 0.242 e. The highest BCUT2D eigenvalue weighted by molar-refractivity contribution is 5.85. The number of hydrogen-bond acceptors (Lipinski definition) is 3. The average Bonchev–Trinajstić information content (AvgIpc) is 3.08. The van der Waals surface area contributed by atoms with Gasteiger partial charge in [0.15, 0.2) is 0 Å². The Morgan fingerprint density at radius 3 is 2.55 bits per heavy atom. The van der Waals surface area contributed by atoms with Crippen LogP contribution in [0.1, 0.15) is 51.4 Å². The maximum absolute atomic E-state index is 12.8. The first-order valence-electron chi connectivity index (χ1n) is 8.94. The average molecular weight is 307 g/mol. The van der Waals surface area contributed by atoms with Gasteiger partial charge in [0, 0.05) is 31.6 Å². The van der Waals surface area contributed by atoms with Crippen LogP contribution in [-0.4, -0.2) is 71.8 Å². The molecule has 124 valence electrons. The molecule has 0 radical (unpaired) electrons. The molecule has 3 fully saturated rings. The third-order valence-electron chi connectivity index (χ3n) is 5.64. The first-order valence-corrected chi connectivity index (χ1v) is 8.94. The molecule has 0 aromatic rings. The van der Waals surface area contributed by atoms with Gasteiger partial charge < -0.3 is 14.7 Å². The molecular weight excluding hydrogens is 278 g/mol. The molecule has 5 nitrogen and oxygen atoms in total. The molecule has 2 atom stereocenters. The van der Waals surface area contributed by atoms with Gasteiger partial charge in [-0.1, -0.05) is 6.42 Å². The Balaban J connectivity index is 1.61. The zero-order chi connectivity index (χ0) is 15.5. The van der Waals surface area contributed by atoms with Crippen molar-refractivity contribution in [3.8, 4) is 0 Å². The minimum atomic E-state index is 0.165. The van der Waals surface area contributed by atoms with Crippen LogP contribution in [0.2, 0.25) is 0 Å². The largest absolute Gasteiger partial charge is 0.337 e. The van der Waals surface area contributed by atoms with E-state index in [9.17, 15) is 9.59 Å². The van der Waals surface area contributed by atoms with Crippen LogP contribution in [0.4, 0.5) is 0 Å². The van der Waals surface area contributed by atoms with Crippen molar-refractivity contribution in [2.75, 3.05) is 33.2 Å². The van der Waals surface area contributed by atoms with Crippen molar-refractivity contribution in [3.63, 3.8) is 0 Å². The molecule has 0 bridgehead atoms. The van der Waals surface area contributed by atoms with Gasteiger partial charge in [-0.2, -0.15) is 0 Å². The minimum Gasteiger partial charge on any atom is -0.337 e. The molecular formula is C17H29N3O2. The lowest BCUT2D eigenvalue weighted by atomic mass is 10.0. The van der Waals surface area contributed by atoms with E-state index in [1.807, 2.05) is 0 Å². The van der Waals surface area contributed by atoms with Crippen molar-refractivity contribution in [3.05, 3.63) is 0 Å². The zero-order valence-electron chi connectivity index (χ0n) is 13.8. The number of amides is 2. The van der Waals surface area contributed by atoms with Gasteiger partial charge in [-0.05, 0) is 52.1 Å². The molecule has 0 saturated carbocycles. The molecule has 3 heterocycles. The Labute approximate surface area is 133 Å². The fourth-order valence-corrected chi connectivity index (χ4v) is 4.38. The minimum absolute atomic E-state index is 0.165. The first-order chi connectivity index (χ1) is 10.7. The van der Waals surface area contributed by atoms with Gasteiger partial charge >= 0.3 is 0 Å². The normalized spacial score (nSPS) is 30.9. The highest BCUT2D eigenvalue weighted by Gasteiger charge is 2.38. The number of likely N-dealkylation sites (N-methyl/N-ethyl adjacent to an activating group) is 1. The van der Waals surface area contributed by atoms with Crippen LogP contribution in [0.25, 0.3) is 0 Å². The monoisotopic (exact) mass is 307 g/mol. The van der Waals surface area contributed by atoms with Crippen molar-refractivity contribution < 1.29 is 9.59 Å². The molecule has 0 spiro atoms. The van der Waals surface area contributed by atoms with Crippen LogP contribution in [-0.2, 0) is 9.59 Å². The summed E-state index contributed by atoms with van der Waals surface area (Å²) in [6.45, 7) is 3.07. The van der Waals surface area contributed by atoms with Crippen molar-refractivity contribution in [1.29, 1.82) is 0 Å². The SMILES string of the molecule is CN1CCC[C@H]1[C@H]1CCCN1C(=O)CN1CCCCCC1=O. The lowest BCUT2D eigenvalue weighted by molar-refractivity contribution is -0.141. The van der Waals surface area contributed by atoms with E-state index >= 15 is 0 Å². The Bertz CT molecular complexity index is 426. The molecule has 2 amide bonds. The van der Waals surface area contributed by atoms with Crippen LogP contribution in [0.5, 0.6) is 0 Å². The van der Waals surface area contributed by atoms with Gasteiger partial charge in [-0.15, -0.1) is 0 Å². The van der Waals surface area contributed by atoms with Crippen molar-refractivity contribution >= 4 is 11.8 Å². The molecule has 5 heteroatoms. The second-order valence-electron chi connectivity index (χ2n) is 7.11. The van der Waals surface area contributed by atoms with Gasteiger partial charge in [0.1, 0.15) is 0 Å². The molecule has 0 unspecified atom stereocenters. The molecule has 22 heavy (non-hydrogen) atoms. The predicted molar refractivity (Wildman–Crippen MR) is 85.4 cm³/mol. The van der Waals surface area contributed by atoms with Crippen LogP contribution in [0.15, 0.2) is 0 Å². The van der Waals surface area contributed by atoms with E-state index in [4.69, 9.17) is 0 Å². The smallest absolute Gasteiger partial charge is 0.242 e. The van der Waals surface area contributed by atoms with Crippen LogP contribution in [0.3, 0.4) is 0 Å².